The Labute approximate surface area is 108 Å². The number of aliphatic carboxylic acids is 1. The Bertz CT molecular complexity index is 411. The van der Waals surface area contributed by atoms with Crippen LogP contribution in [0.1, 0.15) is 38.6 Å². The summed E-state index contributed by atoms with van der Waals surface area (Å²) >= 11 is 0. The molecule has 0 aliphatic carbocycles. The Hall–Kier alpha value is -1.42. The molecule has 0 bridgehead atoms. The van der Waals surface area contributed by atoms with E-state index in [0.29, 0.717) is 13.0 Å². The van der Waals surface area contributed by atoms with Crippen LogP contribution < -0.4 is 5.32 Å². The highest BCUT2D eigenvalue weighted by molar-refractivity contribution is 5.73. The number of carboxylic acid groups (broad SMARTS) is 1. The molecule has 0 aliphatic rings. The molecule has 0 amide bonds. The fraction of sp³-hybridized carbons (Fsp3) is 0.571. The van der Waals surface area contributed by atoms with Gasteiger partial charge in [-0.3, -0.25) is 15.1 Å². The quantitative estimate of drug-likeness (QED) is 0.842. The van der Waals surface area contributed by atoms with Gasteiger partial charge in [0, 0.05) is 12.2 Å². The Kier molecular flexibility index (Phi) is 4.84. The highest BCUT2D eigenvalue weighted by Crippen LogP contribution is 2.21. The molecule has 1 rings (SSSR count). The molecule has 1 atom stereocenters. The maximum absolute atomic E-state index is 11.2. The second kappa shape index (κ2) is 5.96. The summed E-state index contributed by atoms with van der Waals surface area (Å²) in [6, 6.07) is 5.22. The van der Waals surface area contributed by atoms with Crippen LogP contribution in [-0.4, -0.2) is 22.1 Å². The van der Waals surface area contributed by atoms with Gasteiger partial charge in [-0.1, -0.05) is 26.8 Å². The second-order valence-corrected chi connectivity index (χ2v) is 5.81. The van der Waals surface area contributed by atoms with Gasteiger partial charge >= 0.3 is 5.97 Å². The minimum Gasteiger partial charge on any atom is -0.480 e. The number of pyridine rings is 1. The minimum absolute atomic E-state index is 0.0178. The molecular weight excluding hydrogens is 228 g/mol. The van der Waals surface area contributed by atoms with Crippen molar-refractivity contribution in [2.75, 3.05) is 0 Å². The van der Waals surface area contributed by atoms with Crippen molar-refractivity contribution in [3.63, 3.8) is 0 Å². The first-order chi connectivity index (χ1) is 8.28. The van der Waals surface area contributed by atoms with Gasteiger partial charge in [0.05, 0.1) is 5.69 Å². The molecule has 0 radical (unpaired) electrons. The molecule has 0 spiro atoms. The van der Waals surface area contributed by atoms with E-state index in [-0.39, 0.29) is 5.41 Å². The number of carboxylic acids is 1. The fourth-order valence-corrected chi connectivity index (χ4v) is 1.78. The minimum atomic E-state index is -0.808. The number of aryl methyl sites for hydroxylation is 1. The van der Waals surface area contributed by atoms with E-state index >= 15 is 0 Å². The molecule has 0 aliphatic heterocycles. The van der Waals surface area contributed by atoms with E-state index in [9.17, 15) is 9.90 Å². The van der Waals surface area contributed by atoms with Gasteiger partial charge in [-0.25, -0.2) is 0 Å². The monoisotopic (exact) mass is 250 g/mol. The number of carbonyl (C=O) groups is 1. The summed E-state index contributed by atoms with van der Waals surface area (Å²) in [4.78, 5) is 15.5. The van der Waals surface area contributed by atoms with Crippen molar-refractivity contribution in [3.8, 4) is 0 Å². The van der Waals surface area contributed by atoms with Crippen molar-refractivity contribution in [3.05, 3.63) is 29.6 Å². The first kappa shape index (κ1) is 14.6. The van der Waals surface area contributed by atoms with E-state index in [1.807, 2.05) is 45.9 Å². The summed E-state index contributed by atoms with van der Waals surface area (Å²) in [6.45, 7) is 8.52. The smallest absolute Gasteiger partial charge is 0.320 e. The van der Waals surface area contributed by atoms with Crippen LogP contribution in [-0.2, 0) is 11.3 Å². The van der Waals surface area contributed by atoms with Crippen molar-refractivity contribution in [1.29, 1.82) is 0 Å². The van der Waals surface area contributed by atoms with Gasteiger partial charge in [-0.2, -0.15) is 0 Å². The fourth-order valence-electron chi connectivity index (χ4n) is 1.78. The van der Waals surface area contributed by atoms with Gasteiger partial charge < -0.3 is 5.11 Å². The molecule has 18 heavy (non-hydrogen) atoms. The third-order valence-electron chi connectivity index (χ3n) is 2.59. The van der Waals surface area contributed by atoms with E-state index in [1.165, 1.54) is 0 Å². The van der Waals surface area contributed by atoms with E-state index in [4.69, 9.17) is 0 Å². The number of hydrogen-bond donors (Lipinski definition) is 2. The molecule has 0 aromatic carbocycles. The first-order valence-corrected chi connectivity index (χ1v) is 6.17. The topological polar surface area (TPSA) is 62.2 Å². The lowest BCUT2D eigenvalue weighted by Crippen LogP contribution is -2.39. The predicted octanol–water partition coefficient (Wildman–Crippen LogP) is 2.37. The van der Waals surface area contributed by atoms with Crippen molar-refractivity contribution >= 4 is 5.97 Å². The maximum atomic E-state index is 11.2. The molecule has 0 fully saturated rings. The number of aromatic nitrogens is 1. The predicted molar refractivity (Wildman–Crippen MR) is 71.3 cm³/mol. The lowest BCUT2D eigenvalue weighted by atomic mass is 9.88. The lowest BCUT2D eigenvalue weighted by molar-refractivity contribution is -0.140. The Morgan fingerprint density at radius 2 is 2.11 bits per heavy atom. The van der Waals surface area contributed by atoms with Crippen LogP contribution in [0.15, 0.2) is 18.2 Å². The Morgan fingerprint density at radius 3 is 2.61 bits per heavy atom. The summed E-state index contributed by atoms with van der Waals surface area (Å²) in [6.07, 6.45) is 0.591. The Morgan fingerprint density at radius 1 is 1.44 bits per heavy atom. The molecule has 4 nitrogen and oxygen atoms in total. The summed E-state index contributed by atoms with van der Waals surface area (Å²) in [5.74, 6) is -0.808. The van der Waals surface area contributed by atoms with Gasteiger partial charge in [-0.05, 0) is 30.9 Å². The van der Waals surface area contributed by atoms with E-state index in [1.54, 1.807) is 0 Å². The SMILES string of the molecule is Cc1cccc(CNC(CC(C)(C)C)C(=O)O)n1. The third kappa shape index (κ3) is 5.27. The largest absolute Gasteiger partial charge is 0.480 e. The van der Waals surface area contributed by atoms with Crippen LogP contribution in [0.2, 0.25) is 0 Å². The molecule has 1 unspecified atom stereocenters. The Balaban J connectivity index is 2.60. The van der Waals surface area contributed by atoms with Crippen LogP contribution in [0.25, 0.3) is 0 Å². The number of rotatable bonds is 5. The van der Waals surface area contributed by atoms with Gasteiger partial charge in [0.25, 0.3) is 0 Å². The lowest BCUT2D eigenvalue weighted by Gasteiger charge is -2.24. The van der Waals surface area contributed by atoms with E-state index in [2.05, 4.69) is 10.3 Å². The van der Waals surface area contributed by atoms with Crippen molar-refractivity contribution in [2.45, 2.75) is 46.7 Å². The normalized spacial score (nSPS) is 13.3. The molecule has 0 saturated carbocycles. The standard InChI is InChI=1S/C14H22N2O2/c1-10-6-5-7-11(16-10)9-15-12(13(17)18)8-14(2,3)4/h5-7,12,15H,8-9H2,1-4H3,(H,17,18). The highest BCUT2D eigenvalue weighted by Gasteiger charge is 2.23. The zero-order valence-electron chi connectivity index (χ0n) is 11.5. The van der Waals surface area contributed by atoms with Gasteiger partial charge in [0.15, 0.2) is 0 Å². The molecule has 1 aromatic rings. The molecule has 0 saturated heterocycles. The molecule has 2 N–H and O–H groups in total. The van der Waals surface area contributed by atoms with Gasteiger partial charge in [0.2, 0.25) is 0 Å². The zero-order chi connectivity index (χ0) is 13.8. The van der Waals surface area contributed by atoms with Gasteiger partial charge in [0.1, 0.15) is 6.04 Å². The number of hydrogen-bond acceptors (Lipinski definition) is 3. The van der Waals surface area contributed by atoms with Crippen molar-refractivity contribution < 1.29 is 9.90 Å². The van der Waals surface area contributed by atoms with Gasteiger partial charge in [-0.15, -0.1) is 0 Å². The number of nitrogens with zero attached hydrogens (tertiary/aromatic N) is 1. The summed E-state index contributed by atoms with van der Waals surface area (Å²) < 4.78 is 0. The summed E-state index contributed by atoms with van der Waals surface area (Å²) in [5.41, 5.74) is 1.79. The van der Waals surface area contributed by atoms with E-state index < -0.39 is 12.0 Å². The van der Waals surface area contributed by atoms with E-state index in [0.717, 1.165) is 11.4 Å². The van der Waals surface area contributed by atoms with Crippen LogP contribution in [0.5, 0.6) is 0 Å². The first-order valence-electron chi connectivity index (χ1n) is 6.17. The van der Waals surface area contributed by atoms with Crippen LogP contribution in [0.4, 0.5) is 0 Å². The van der Waals surface area contributed by atoms with Crippen LogP contribution in [0.3, 0.4) is 0 Å². The van der Waals surface area contributed by atoms with Crippen LogP contribution in [0, 0.1) is 12.3 Å². The molecule has 1 aromatic heterocycles. The van der Waals surface area contributed by atoms with Crippen LogP contribution >= 0.6 is 0 Å². The summed E-state index contributed by atoms with van der Waals surface area (Å²) in [5, 5.41) is 12.2. The average molecular weight is 250 g/mol. The molecule has 4 heteroatoms. The molecular formula is C14H22N2O2. The second-order valence-electron chi connectivity index (χ2n) is 5.81. The molecule has 100 valence electrons. The maximum Gasteiger partial charge on any atom is 0.320 e. The van der Waals surface area contributed by atoms with Crippen molar-refractivity contribution in [2.24, 2.45) is 5.41 Å². The van der Waals surface area contributed by atoms with Crippen molar-refractivity contribution in [1.82, 2.24) is 10.3 Å². The highest BCUT2D eigenvalue weighted by atomic mass is 16.4. The third-order valence-corrected chi connectivity index (χ3v) is 2.59. The molecule has 1 heterocycles. The average Bonchev–Trinajstić information content (AvgIpc) is 2.22. The number of nitrogens with one attached hydrogen (secondary N) is 1. The zero-order valence-corrected chi connectivity index (χ0v) is 11.5. The summed E-state index contributed by atoms with van der Waals surface area (Å²) in [7, 11) is 0.